The van der Waals surface area contributed by atoms with Crippen LogP contribution in [0.15, 0.2) is 10.6 Å². The van der Waals surface area contributed by atoms with Crippen molar-refractivity contribution in [1.29, 1.82) is 0 Å². The largest absolute Gasteiger partial charge is 0.393 e. The number of hydrogen-bond donors (Lipinski definition) is 1. The van der Waals surface area contributed by atoms with E-state index in [4.69, 9.17) is 9.26 Å². The van der Waals surface area contributed by atoms with E-state index in [1.54, 1.807) is 6.07 Å². The SMILES string of the molecule is Cc1cc(CC(=O)N2CCOCC2C2CCCC2O)no1. The minimum atomic E-state index is -0.318. The second kappa shape index (κ2) is 6.15. The van der Waals surface area contributed by atoms with Crippen LogP contribution in [0.3, 0.4) is 0 Å². The van der Waals surface area contributed by atoms with Crippen LogP contribution in [-0.2, 0) is 16.0 Å². The molecule has 0 aromatic carbocycles. The molecule has 2 aliphatic rings. The summed E-state index contributed by atoms with van der Waals surface area (Å²) in [5.41, 5.74) is 0.662. The zero-order valence-electron chi connectivity index (χ0n) is 12.3. The fourth-order valence-electron chi connectivity index (χ4n) is 3.46. The first-order valence-corrected chi connectivity index (χ1v) is 7.62. The van der Waals surface area contributed by atoms with E-state index in [0.29, 0.717) is 31.2 Å². The molecule has 21 heavy (non-hydrogen) atoms. The van der Waals surface area contributed by atoms with E-state index in [1.807, 2.05) is 11.8 Å². The van der Waals surface area contributed by atoms with Crippen molar-refractivity contribution in [2.24, 2.45) is 5.92 Å². The molecule has 1 aromatic rings. The molecule has 1 aromatic heterocycles. The number of ether oxygens (including phenoxy) is 1. The predicted molar refractivity (Wildman–Crippen MR) is 74.6 cm³/mol. The van der Waals surface area contributed by atoms with Crippen molar-refractivity contribution in [2.45, 2.75) is 44.8 Å². The number of aliphatic hydroxyl groups is 1. The molecule has 1 saturated carbocycles. The highest BCUT2D eigenvalue weighted by Crippen LogP contribution is 2.32. The normalized spacial score (nSPS) is 29.8. The molecular weight excluding hydrogens is 272 g/mol. The van der Waals surface area contributed by atoms with Crippen molar-refractivity contribution in [2.75, 3.05) is 19.8 Å². The first-order chi connectivity index (χ1) is 10.1. The molecule has 1 N–H and O–H groups in total. The van der Waals surface area contributed by atoms with Crippen LogP contribution in [0.4, 0.5) is 0 Å². The van der Waals surface area contributed by atoms with E-state index in [2.05, 4.69) is 5.16 Å². The Morgan fingerprint density at radius 3 is 3.05 bits per heavy atom. The third-order valence-corrected chi connectivity index (χ3v) is 4.52. The maximum atomic E-state index is 12.6. The molecule has 1 aliphatic carbocycles. The number of hydrogen-bond acceptors (Lipinski definition) is 5. The maximum Gasteiger partial charge on any atom is 0.229 e. The summed E-state index contributed by atoms with van der Waals surface area (Å²) in [4.78, 5) is 14.4. The summed E-state index contributed by atoms with van der Waals surface area (Å²) in [5, 5.41) is 14.0. The van der Waals surface area contributed by atoms with Crippen LogP contribution < -0.4 is 0 Å². The zero-order chi connectivity index (χ0) is 14.8. The van der Waals surface area contributed by atoms with Gasteiger partial charge in [-0.25, -0.2) is 0 Å². The monoisotopic (exact) mass is 294 g/mol. The van der Waals surface area contributed by atoms with Gasteiger partial charge in [0, 0.05) is 18.5 Å². The van der Waals surface area contributed by atoms with E-state index in [9.17, 15) is 9.90 Å². The van der Waals surface area contributed by atoms with Crippen LogP contribution in [0.2, 0.25) is 0 Å². The van der Waals surface area contributed by atoms with Crippen molar-refractivity contribution >= 4 is 5.91 Å². The van der Waals surface area contributed by atoms with Crippen molar-refractivity contribution < 1.29 is 19.2 Å². The van der Waals surface area contributed by atoms with Gasteiger partial charge in [-0.2, -0.15) is 0 Å². The molecule has 0 radical (unpaired) electrons. The molecule has 6 heteroatoms. The summed E-state index contributed by atoms with van der Waals surface area (Å²) < 4.78 is 10.5. The topological polar surface area (TPSA) is 75.8 Å². The van der Waals surface area contributed by atoms with Crippen molar-refractivity contribution in [1.82, 2.24) is 10.1 Å². The highest BCUT2D eigenvalue weighted by molar-refractivity contribution is 5.78. The van der Waals surface area contributed by atoms with Gasteiger partial charge in [0.1, 0.15) is 5.76 Å². The van der Waals surface area contributed by atoms with Gasteiger partial charge < -0.3 is 19.3 Å². The van der Waals surface area contributed by atoms with Crippen LogP contribution >= 0.6 is 0 Å². The van der Waals surface area contributed by atoms with Gasteiger partial charge in [0.15, 0.2) is 0 Å². The number of amides is 1. The number of morpholine rings is 1. The van der Waals surface area contributed by atoms with Crippen LogP contribution in [0.5, 0.6) is 0 Å². The molecule has 0 spiro atoms. The summed E-state index contributed by atoms with van der Waals surface area (Å²) in [6.45, 7) is 3.48. The van der Waals surface area contributed by atoms with Crippen molar-refractivity contribution in [3.63, 3.8) is 0 Å². The number of carbonyl (C=O) groups is 1. The molecule has 0 bridgehead atoms. The average Bonchev–Trinajstić information content (AvgIpc) is 3.07. The van der Waals surface area contributed by atoms with Gasteiger partial charge in [-0.15, -0.1) is 0 Å². The molecule has 2 fully saturated rings. The van der Waals surface area contributed by atoms with Crippen LogP contribution in [0.1, 0.15) is 30.7 Å². The Morgan fingerprint density at radius 1 is 1.52 bits per heavy atom. The number of aliphatic hydroxyl groups excluding tert-OH is 1. The second-order valence-corrected chi connectivity index (χ2v) is 6.00. The van der Waals surface area contributed by atoms with E-state index < -0.39 is 0 Å². The molecule has 116 valence electrons. The predicted octanol–water partition coefficient (Wildman–Crippen LogP) is 0.914. The minimum Gasteiger partial charge on any atom is -0.393 e. The average molecular weight is 294 g/mol. The lowest BCUT2D eigenvalue weighted by Crippen LogP contribution is -2.54. The summed E-state index contributed by atoms with van der Waals surface area (Å²) in [5.74, 6) is 0.881. The van der Waals surface area contributed by atoms with Crippen LogP contribution in [0, 0.1) is 12.8 Å². The molecule has 1 saturated heterocycles. The lowest BCUT2D eigenvalue weighted by atomic mass is 9.94. The van der Waals surface area contributed by atoms with E-state index in [1.165, 1.54) is 0 Å². The highest BCUT2D eigenvalue weighted by Gasteiger charge is 2.39. The summed E-state index contributed by atoms with van der Waals surface area (Å²) in [7, 11) is 0. The van der Waals surface area contributed by atoms with Crippen molar-refractivity contribution in [3.8, 4) is 0 Å². The molecule has 6 nitrogen and oxygen atoms in total. The standard InChI is InChI=1S/C15H22N2O4/c1-10-7-11(16-21-10)8-15(19)17-5-6-20-9-13(17)12-3-2-4-14(12)18/h7,12-14,18H,2-6,8-9H2,1H3. The van der Waals surface area contributed by atoms with Crippen molar-refractivity contribution in [3.05, 3.63) is 17.5 Å². The van der Waals surface area contributed by atoms with E-state index in [-0.39, 0.29) is 30.4 Å². The molecule has 3 atom stereocenters. The number of carbonyl (C=O) groups excluding carboxylic acids is 1. The number of aromatic nitrogens is 1. The number of aryl methyl sites for hydroxylation is 1. The Morgan fingerprint density at radius 2 is 2.38 bits per heavy atom. The molecule has 1 aliphatic heterocycles. The third-order valence-electron chi connectivity index (χ3n) is 4.52. The van der Waals surface area contributed by atoms with Gasteiger partial charge >= 0.3 is 0 Å². The molecular formula is C15H22N2O4. The number of rotatable bonds is 3. The van der Waals surface area contributed by atoms with Gasteiger partial charge in [0.25, 0.3) is 0 Å². The van der Waals surface area contributed by atoms with E-state index in [0.717, 1.165) is 19.3 Å². The summed E-state index contributed by atoms with van der Waals surface area (Å²) in [6.07, 6.45) is 2.73. The smallest absolute Gasteiger partial charge is 0.229 e. The maximum absolute atomic E-state index is 12.6. The minimum absolute atomic E-state index is 0.0169. The first kappa shape index (κ1) is 14.5. The Hall–Kier alpha value is -1.40. The van der Waals surface area contributed by atoms with E-state index >= 15 is 0 Å². The first-order valence-electron chi connectivity index (χ1n) is 7.62. The lowest BCUT2D eigenvalue weighted by Gasteiger charge is -2.40. The molecule has 3 rings (SSSR count). The zero-order valence-corrected chi connectivity index (χ0v) is 12.3. The lowest BCUT2D eigenvalue weighted by molar-refractivity contribution is -0.143. The molecule has 1 amide bonds. The molecule has 2 heterocycles. The Balaban J connectivity index is 1.69. The van der Waals surface area contributed by atoms with Crippen LogP contribution in [0.25, 0.3) is 0 Å². The molecule has 3 unspecified atom stereocenters. The Kier molecular flexibility index (Phi) is 4.26. The van der Waals surface area contributed by atoms with Gasteiger partial charge in [-0.1, -0.05) is 11.6 Å². The third kappa shape index (κ3) is 3.11. The quantitative estimate of drug-likeness (QED) is 0.897. The second-order valence-electron chi connectivity index (χ2n) is 6.00. The van der Waals surface area contributed by atoms with Gasteiger partial charge in [0.05, 0.1) is 37.5 Å². The highest BCUT2D eigenvalue weighted by atomic mass is 16.5. The summed E-state index contributed by atoms with van der Waals surface area (Å²) in [6, 6.07) is 1.77. The van der Waals surface area contributed by atoms with Gasteiger partial charge in [-0.05, 0) is 19.8 Å². The van der Waals surface area contributed by atoms with Gasteiger partial charge in [0.2, 0.25) is 5.91 Å². The number of nitrogens with zero attached hydrogens (tertiary/aromatic N) is 2. The fourth-order valence-corrected chi connectivity index (χ4v) is 3.46. The van der Waals surface area contributed by atoms with Crippen LogP contribution in [-0.4, -0.2) is 53.0 Å². The van der Waals surface area contributed by atoms with Gasteiger partial charge in [-0.3, -0.25) is 4.79 Å². The summed E-state index contributed by atoms with van der Waals surface area (Å²) >= 11 is 0. The Labute approximate surface area is 124 Å². The fraction of sp³-hybridized carbons (Fsp3) is 0.733. The Bertz CT molecular complexity index is 502.